The molecule has 6 heteroatoms. The van der Waals surface area contributed by atoms with Crippen LogP contribution in [0.5, 0.6) is 0 Å². The molecule has 0 aliphatic carbocycles. The van der Waals surface area contributed by atoms with E-state index in [-0.39, 0.29) is 5.91 Å². The number of carbonyl (C=O) groups excluding carboxylic acids is 1. The Hall–Kier alpha value is -3.41. The maximum Gasteiger partial charge on any atom is 0.246 e. The number of nitrogens with zero attached hydrogens (tertiary/aromatic N) is 4. The van der Waals surface area contributed by atoms with Gasteiger partial charge in [0.2, 0.25) is 17.6 Å². The lowest BCUT2D eigenvalue weighted by Gasteiger charge is -2.35. The minimum absolute atomic E-state index is 0.0630. The van der Waals surface area contributed by atoms with E-state index in [1.807, 2.05) is 47.4 Å². The van der Waals surface area contributed by atoms with E-state index < -0.39 is 0 Å². The third-order valence-corrected chi connectivity index (χ3v) is 5.11. The van der Waals surface area contributed by atoms with Gasteiger partial charge in [-0.05, 0) is 42.8 Å². The van der Waals surface area contributed by atoms with Crippen molar-refractivity contribution in [2.45, 2.75) is 13.8 Å². The molecular formula is C23H24N4O2. The summed E-state index contributed by atoms with van der Waals surface area (Å²) in [6.07, 6.45) is 3.55. The molecule has 1 aliphatic rings. The highest BCUT2D eigenvalue weighted by Crippen LogP contribution is 2.22. The number of aryl methyl sites for hydroxylation is 2. The molecule has 1 aliphatic heterocycles. The summed E-state index contributed by atoms with van der Waals surface area (Å²) in [7, 11) is 0. The summed E-state index contributed by atoms with van der Waals surface area (Å²) in [6, 6.07) is 16.3. The largest absolute Gasteiger partial charge is 0.368 e. The summed E-state index contributed by atoms with van der Waals surface area (Å²) in [5.74, 6) is 1.22. The Labute approximate surface area is 170 Å². The van der Waals surface area contributed by atoms with Crippen LogP contribution in [0.25, 0.3) is 17.5 Å². The first-order valence-corrected chi connectivity index (χ1v) is 9.78. The van der Waals surface area contributed by atoms with Crippen molar-refractivity contribution in [2.75, 3.05) is 31.1 Å². The first-order chi connectivity index (χ1) is 14.1. The van der Waals surface area contributed by atoms with Crippen LogP contribution < -0.4 is 4.90 Å². The molecule has 0 spiro atoms. The number of anilines is 1. The highest BCUT2D eigenvalue weighted by Gasteiger charge is 2.20. The Kier molecular flexibility index (Phi) is 5.42. The zero-order chi connectivity index (χ0) is 20.2. The summed E-state index contributed by atoms with van der Waals surface area (Å²) < 4.78 is 5.04. The molecule has 148 valence electrons. The summed E-state index contributed by atoms with van der Waals surface area (Å²) >= 11 is 0. The predicted octanol–water partition coefficient (Wildman–Crippen LogP) is 3.72. The quantitative estimate of drug-likeness (QED) is 0.638. The number of hydrogen-bond donors (Lipinski definition) is 0. The molecule has 0 unspecified atom stereocenters. The number of amides is 1. The predicted molar refractivity (Wildman–Crippen MR) is 113 cm³/mol. The molecule has 1 aromatic heterocycles. The van der Waals surface area contributed by atoms with Crippen molar-refractivity contribution in [3.05, 3.63) is 71.6 Å². The zero-order valence-electron chi connectivity index (χ0n) is 16.7. The van der Waals surface area contributed by atoms with Gasteiger partial charge in [0.1, 0.15) is 0 Å². The van der Waals surface area contributed by atoms with E-state index in [0.29, 0.717) is 24.8 Å². The average molecular weight is 388 g/mol. The maximum absolute atomic E-state index is 12.5. The molecule has 1 saturated heterocycles. The van der Waals surface area contributed by atoms with Crippen molar-refractivity contribution in [1.29, 1.82) is 0 Å². The molecule has 1 fully saturated rings. The fourth-order valence-electron chi connectivity index (χ4n) is 3.37. The van der Waals surface area contributed by atoms with Crippen LogP contribution in [0.3, 0.4) is 0 Å². The number of hydrogen-bond acceptors (Lipinski definition) is 5. The Balaban J connectivity index is 1.33. The van der Waals surface area contributed by atoms with E-state index in [0.717, 1.165) is 29.9 Å². The molecule has 2 heterocycles. The molecule has 4 rings (SSSR count). The lowest BCUT2D eigenvalue weighted by Crippen LogP contribution is -2.48. The second-order valence-corrected chi connectivity index (χ2v) is 7.24. The highest BCUT2D eigenvalue weighted by molar-refractivity contribution is 5.92. The lowest BCUT2D eigenvalue weighted by atomic mass is 10.1. The molecule has 0 saturated carbocycles. The molecule has 1 amide bonds. The first kappa shape index (κ1) is 18.9. The summed E-state index contributed by atoms with van der Waals surface area (Å²) in [5.41, 5.74) is 4.32. The van der Waals surface area contributed by atoms with Crippen molar-refractivity contribution in [1.82, 2.24) is 15.0 Å². The van der Waals surface area contributed by atoms with Gasteiger partial charge in [0.25, 0.3) is 0 Å². The molecule has 29 heavy (non-hydrogen) atoms. The number of benzene rings is 2. The van der Waals surface area contributed by atoms with E-state index >= 15 is 0 Å². The van der Waals surface area contributed by atoms with Gasteiger partial charge in [-0.1, -0.05) is 35.0 Å². The average Bonchev–Trinajstić information content (AvgIpc) is 3.20. The van der Waals surface area contributed by atoms with Gasteiger partial charge in [0.15, 0.2) is 0 Å². The fraction of sp³-hybridized carbons (Fsp3) is 0.261. The van der Waals surface area contributed by atoms with E-state index in [9.17, 15) is 4.79 Å². The van der Waals surface area contributed by atoms with Crippen LogP contribution in [-0.2, 0) is 4.79 Å². The summed E-state index contributed by atoms with van der Waals surface area (Å²) in [6.45, 7) is 6.88. The van der Waals surface area contributed by atoms with Crippen LogP contribution in [0, 0.1) is 13.8 Å². The van der Waals surface area contributed by atoms with Gasteiger partial charge in [0, 0.05) is 50.4 Å². The third-order valence-electron chi connectivity index (χ3n) is 5.11. The van der Waals surface area contributed by atoms with Gasteiger partial charge < -0.3 is 14.3 Å². The van der Waals surface area contributed by atoms with E-state index in [1.54, 1.807) is 13.0 Å². The Morgan fingerprint density at radius 3 is 2.28 bits per heavy atom. The molecule has 0 N–H and O–H groups in total. The molecule has 2 aromatic carbocycles. The highest BCUT2D eigenvalue weighted by atomic mass is 16.5. The topological polar surface area (TPSA) is 62.5 Å². The molecule has 3 aromatic rings. The van der Waals surface area contributed by atoms with E-state index in [2.05, 4.69) is 34.1 Å². The van der Waals surface area contributed by atoms with Gasteiger partial charge >= 0.3 is 0 Å². The Morgan fingerprint density at radius 1 is 0.966 bits per heavy atom. The third kappa shape index (κ3) is 4.54. The van der Waals surface area contributed by atoms with Crippen LogP contribution in [0.2, 0.25) is 0 Å². The van der Waals surface area contributed by atoms with Gasteiger partial charge in [0.05, 0.1) is 0 Å². The fourth-order valence-corrected chi connectivity index (χ4v) is 3.37. The Morgan fingerprint density at radius 2 is 1.66 bits per heavy atom. The number of piperazine rings is 1. The molecule has 0 radical (unpaired) electrons. The van der Waals surface area contributed by atoms with E-state index in [4.69, 9.17) is 4.52 Å². The SMILES string of the molecule is Cc1ccc(C=CC(=O)N2CCN(c3ccc(-c4noc(C)n4)cc3)CC2)cc1. The second kappa shape index (κ2) is 8.31. The lowest BCUT2D eigenvalue weighted by molar-refractivity contribution is -0.126. The molecule has 6 nitrogen and oxygen atoms in total. The van der Waals surface area contributed by atoms with Gasteiger partial charge in [-0.25, -0.2) is 0 Å². The van der Waals surface area contributed by atoms with Crippen molar-refractivity contribution in [2.24, 2.45) is 0 Å². The Bertz CT molecular complexity index is 998. The molecule has 0 bridgehead atoms. The minimum atomic E-state index is 0.0630. The normalized spacial score (nSPS) is 14.6. The van der Waals surface area contributed by atoms with Crippen LogP contribution in [0.4, 0.5) is 5.69 Å². The van der Waals surface area contributed by atoms with Gasteiger partial charge in [-0.2, -0.15) is 4.98 Å². The first-order valence-electron chi connectivity index (χ1n) is 9.78. The smallest absolute Gasteiger partial charge is 0.246 e. The van der Waals surface area contributed by atoms with Gasteiger partial charge in [-0.15, -0.1) is 0 Å². The van der Waals surface area contributed by atoms with Crippen molar-refractivity contribution in [3.63, 3.8) is 0 Å². The zero-order valence-corrected chi connectivity index (χ0v) is 16.7. The maximum atomic E-state index is 12.5. The van der Waals surface area contributed by atoms with Crippen molar-refractivity contribution in [3.8, 4) is 11.4 Å². The summed E-state index contributed by atoms with van der Waals surface area (Å²) in [4.78, 5) is 20.9. The van der Waals surface area contributed by atoms with Crippen molar-refractivity contribution >= 4 is 17.7 Å². The van der Waals surface area contributed by atoms with Gasteiger partial charge in [-0.3, -0.25) is 4.79 Å². The van der Waals surface area contributed by atoms with Crippen LogP contribution in [0.15, 0.2) is 59.1 Å². The molecule has 0 atom stereocenters. The number of rotatable bonds is 4. The minimum Gasteiger partial charge on any atom is -0.368 e. The van der Waals surface area contributed by atoms with E-state index in [1.165, 1.54) is 5.56 Å². The number of aromatic nitrogens is 2. The molecular weight excluding hydrogens is 364 g/mol. The van der Waals surface area contributed by atoms with Crippen LogP contribution in [0.1, 0.15) is 17.0 Å². The van der Waals surface area contributed by atoms with Crippen LogP contribution in [-0.4, -0.2) is 47.1 Å². The standard InChI is InChI=1S/C23H24N4O2/c1-17-3-5-19(6-4-17)7-12-22(28)27-15-13-26(14-16-27)21-10-8-20(9-11-21)23-24-18(2)29-25-23/h3-12H,13-16H2,1-2H3. The van der Waals surface area contributed by atoms with Crippen molar-refractivity contribution < 1.29 is 9.32 Å². The second-order valence-electron chi connectivity index (χ2n) is 7.24. The summed E-state index contributed by atoms with van der Waals surface area (Å²) in [5, 5.41) is 3.95. The van der Waals surface area contributed by atoms with Crippen LogP contribution >= 0.6 is 0 Å². The monoisotopic (exact) mass is 388 g/mol. The number of carbonyl (C=O) groups is 1.